The second-order valence-electron chi connectivity index (χ2n) is 9.11. The standard InChI is InChI=1S/C28H25BrN2O4S/c29-21-10-12-22(13-11-21)36(34,35)30-25-26(28(33)24-9-5-4-8-23(24)27(25)32)31-16-14-20(15-17-31)18-19-6-2-1-3-7-19/h1-13,20,30H,14-18H2. The molecule has 0 spiro atoms. The van der Waals surface area contributed by atoms with Crippen LogP contribution in [-0.4, -0.2) is 38.0 Å². The molecule has 8 heteroatoms. The lowest BCUT2D eigenvalue weighted by Gasteiger charge is -2.37. The Labute approximate surface area is 219 Å². The average molecular weight is 565 g/mol. The third-order valence-electron chi connectivity index (χ3n) is 6.75. The number of sulfonamides is 1. The number of halogens is 1. The van der Waals surface area contributed by atoms with Crippen molar-refractivity contribution in [2.45, 2.75) is 24.2 Å². The first-order valence-corrected chi connectivity index (χ1v) is 14.1. The van der Waals surface area contributed by atoms with Crippen molar-refractivity contribution >= 4 is 37.5 Å². The second kappa shape index (κ2) is 10.0. The van der Waals surface area contributed by atoms with E-state index >= 15 is 0 Å². The molecule has 1 heterocycles. The van der Waals surface area contributed by atoms with Gasteiger partial charge in [-0.3, -0.25) is 14.3 Å². The zero-order chi connectivity index (χ0) is 25.3. The van der Waals surface area contributed by atoms with Crippen molar-refractivity contribution in [3.63, 3.8) is 0 Å². The highest BCUT2D eigenvalue weighted by molar-refractivity contribution is 9.10. The third-order valence-corrected chi connectivity index (χ3v) is 8.65. The summed E-state index contributed by atoms with van der Waals surface area (Å²) in [5.41, 5.74) is 1.74. The molecule has 1 aliphatic carbocycles. The topological polar surface area (TPSA) is 83.6 Å². The van der Waals surface area contributed by atoms with E-state index in [9.17, 15) is 18.0 Å². The van der Waals surface area contributed by atoms with Gasteiger partial charge in [-0.2, -0.15) is 0 Å². The SMILES string of the molecule is O=C1C(NS(=O)(=O)c2ccc(Br)cc2)=C(N2CCC(Cc3ccccc3)CC2)C(=O)c2ccccc21. The molecule has 0 amide bonds. The Morgan fingerprint density at radius 3 is 2.03 bits per heavy atom. The largest absolute Gasteiger partial charge is 0.367 e. The molecule has 1 aliphatic heterocycles. The number of carbonyl (C=O) groups is 2. The van der Waals surface area contributed by atoms with E-state index in [2.05, 4.69) is 32.8 Å². The molecule has 6 nitrogen and oxygen atoms in total. The van der Waals surface area contributed by atoms with Crippen molar-refractivity contribution in [2.75, 3.05) is 13.1 Å². The summed E-state index contributed by atoms with van der Waals surface area (Å²) in [4.78, 5) is 29.0. The first-order chi connectivity index (χ1) is 17.3. The van der Waals surface area contributed by atoms with Crippen LogP contribution < -0.4 is 4.72 Å². The van der Waals surface area contributed by atoms with Crippen LogP contribution in [0.2, 0.25) is 0 Å². The maximum atomic E-state index is 13.6. The zero-order valence-electron chi connectivity index (χ0n) is 19.5. The zero-order valence-corrected chi connectivity index (χ0v) is 21.9. The number of rotatable bonds is 6. The summed E-state index contributed by atoms with van der Waals surface area (Å²) in [5, 5.41) is 0. The first-order valence-electron chi connectivity index (χ1n) is 11.8. The van der Waals surface area contributed by atoms with Crippen LogP contribution in [0.3, 0.4) is 0 Å². The van der Waals surface area contributed by atoms with Gasteiger partial charge in [0.2, 0.25) is 11.6 Å². The van der Waals surface area contributed by atoms with Crippen molar-refractivity contribution < 1.29 is 18.0 Å². The van der Waals surface area contributed by atoms with E-state index in [0.717, 1.165) is 23.7 Å². The van der Waals surface area contributed by atoms with Crippen LogP contribution in [0.15, 0.2) is 99.6 Å². The Bertz CT molecular complexity index is 1440. The average Bonchev–Trinajstić information content (AvgIpc) is 2.89. The summed E-state index contributed by atoms with van der Waals surface area (Å²) in [7, 11) is -4.09. The molecule has 0 saturated carbocycles. The molecule has 36 heavy (non-hydrogen) atoms. The number of piperidine rings is 1. The number of Topliss-reactive ketones (excluding diaryl/α,β-unsaturated/α-hetero) is 2. The van der Waals surface area contributed by atoms with E-state index < -0.39 is 15.8 Å². The van der Waals surface area contributed by atoms with Gasteiger partial charge in [0.1, 0.15) is 11.4 Å². The lowest BCUT2D eigenvalue weighted by molar-refractivity contribution is 0.0921. The minimum Gasteiger partial charge on any atom is -0.367 e. The van der Waals surface area contributed by atoms with Crippen molar-refractivity contribution in [3.8, 4) is 0 Å². The second-order valence-corrected chi connectivity index (χ2v) is 11.7. The number of hydrogen-bond donors (Lipinski definition) is 1. The van der Waals surface area contributed by atoms with Gasteiger partial charge >= 0.3 is 0 Å². The van der Waals surface area contributed by atoms with Gasteiger partial charge < -0.3 is 4.90 Å². The van der Waals surface area contributed by atoms with E-state index in [1.165, 1.54) is 17.7 Å². The number of ketones is 2. The van der Waals surface area contributed by atoms with E-state index in [1.807, 2.05) is 23.1 Å². The molecule has 1 fully saturated rings. The number of carbonyl (C=O) groups excluding carboxylic acids is 2. The summed E-state index contributed by atoms with van der Waals surface area (Å²) >= 11 is 3.30. The van der Waals surface area contributed by atoms with Gasteiger partial charge in [-0.15, -0.1) is 0 Å². The molecule has 1 N–H and O–H groups in total. The number of fused-ring (bicyclic) bond motifs is 1. The molecule has 1 saturated heterocycles. The first kappa shape index (κ1) is 24.5. The predicted octanol–water partition coefficient (Wildman–Crippen LogP) is 4.97. The Morgan fingerprint density at radius 1 is 0.806 bits per heavy atom. The molecular formula is C28H25BrN2O4S. The lowest BCUT2D eigenvalue weighted by atomic mass is 9.87. The monoisotopic (exact) mass is 564 g/mol. The number of nitrogens with zero attached hydrogens (tertiary/aromatic N) is 1. The molecule has 3 aromatic rings. The molecule has 0 unspecified atom stereocenters. The van der Waals surface area contributed by atoms with E-state index in [-0.39, 0.29) is 27.6 Å². The van der Waals surface area contributed by atoms with E-state index in [0.29, 0.717) is 24.6 Å². The minimum absolute atomic E-state index is 0.0122. The molecule has 2 aliphatic rings. The van der Waals surface area contributed by atoms with Crippen LogP contribution in [0.5, 0.6) is 0 Å². The van der Waals surface area contributed by atoms with Crippen LogP contribution in [0, 0.1) is 5.92 Å². The number of nitrogens with one attached hydrogen (secondary N) is 1. The smallest absolute Gasteiger partial charge is 0.262 e. The normalized spacial score (nSPS) is 16.8. The van der Waals surface area contributed by atoms with Gasteiger partial charge in [0.05, 0.1) is 4.90 Å². The van der Waals surface area contributed by atoms with Crippen LogP contribution in [-0.2, 0) is 16.4 Å². The quantitative estimate of drug-likeness (QED) is 0.456. The highest BCUT2D eigenvalue weighted by Crippen LogP contribution is 2.32. The van der Waals surface area contributed by atoms with Crippen LogP contribution >= 0.6 is 15.9 Å². The van der Waals surface area contributed by atoms with Crippen LogP contribution in [0.4, 0.5) is 0 Å². The highest BCUT2D eigenvalue weighted by Gasteiger charge is 2.38. The van der Waals surface area contributed by atoms with Crippen molar-refractivity contribution in [3.05, 3.63) is 111 Å². The Kier molecular flexibility index (Phi) is 6.81. The fourth-order valence-electron chi connectivity index (χ4n) is 4.87. The van der Waals surface area contributed by atoms with Gasteiger partial charge in [0.25, 0.3) is 10.0 Å². The Morgan fingerprint density at radius 2 is 1.39 bits per heavy atom. The Hall–Kier alpha value is -3.23. The molecule has 0 aromatic heterocycles. The summed E-state index contributed by atoms with van der Waals surface area (Å²) in [6, 6.07) is 23.0. The third kappa shape index (κ3) is 4.88. The van der Waals surface area contributed by atoms with Crippen molar-refractivity contribution in [1.82, 2.24) is 9.62 Å². The van der Waals surface area contributed by atoms with Crippen molar-refractivity contribution in [2.24, 2.45) is 5.92 Å². The van der Waals surface area contributed by atoms with Gasteiger partial charge in [0, 0.05) is 28.7 Å². The maximum Gasteiger partial charge on any atom is 0.262 e. The fraction of sp³-hybridized carbons (Fsp3) is 0.214. The fourth-order valence-corrected chi connectivity index (χ4v) is 6.21. The Balaban J connectivity index is 1.46. The van der Waals surface area contributed by atoms with Crippen LogP contribution in [0.25, 0.3) is 0 Å². The van der Waals surface area contributed by atoms with Crippen LogP contribution in [0.1, 0.15) is 39.1 Å². The number of hydrogen-bond acceptors (Lipinski definition) is 5. The van der Waals surface area contributed by atoms with Crippen molar-refractivity contribution in [1.29, 1.82) is 0 Å². The number of likely N-dealkylation sites (tertiary alicyclic amines) is 1. The van der Waals surface area contributed by atoms with Gasteiger partial charge in [0.15, 0.2) is 0 Å². The molecule has 0 radical (unpaired) electrons. The predicted molar refractivity (Wildman–Crippen MR) is 141 cm³/mol. The van der Waals surface area contributed by atoms with Gasteiger partial charge in [-0.25, -0.2) is 8.42 Å². The molecule has 0 atom stereocenters. The summed E-state index contributed by atoms with van der Waals surface area (Å²) in [6.07, 6.45) is 2.63. The molecule has 184 valence electrons. The summed E-state index contributed by atoms with van der Waals surface area (Å²) in [6.45, 7) is 1.13. The number of benzene rings is 3. The molecule has 3 aromatic carbocycles. The summed E-state index contributed by atoms with van der Waals surface area (Å²) < 4.78 is 29.6. The maximum absolute atomic E-state index is 13.6. The number of allylic oxidation sites excluding steroid dienone is 2. The van der Waals surface area contributed by atoms with E-state index in [4.69, 9.17) is 0 Å². The lowest BCUT2D eigenvalue weighted by Crippen LogP contribution is -2.43. The molecular weight excluding hydrogens is 540 g/mol. The van der Waals surface area contributed by atoms with Gasteiger partial charge in [-0.05, 0) is 55.0 Å². The molecule has 5 rings (SSSR count). The molecule has 0 bridgehead atoms. The minimum atomic E-state index is -4.09. The highest BCUT2D eigenvalue weighted by atomic mass is 79.9. The van der Waals surface area contributed by atoms with Gasteiger partial charge in [-0.1, -0.05) is 70.5 Å². The summed E-state index contributed by atoms with van der Waals surface area (Å²) in [5.74, 6) is -0.374. The van der Waals surface area contributed by atoms with E-state index in [1.54, 1.807) is 36.4 Å².